The van der Waals surface area contributed by atoms with Crippen molar-refractivity contribution in [1.29, 1.82) is 0 Å². The van der Waals surface area contributed by atoms with Gasteiger partial charge in [0, 0.05) is 34.4 Å². The Morgan fingerprint density at radius 1 is 0.500 bits per heavy atom. The van der Waals surface area contributed by atoms with Crippen molar-refractivity contribution in [1.82, 2.24) is 19.9 Å². The summed E-state index contributed by atoms with van der Waals surface area (Å²) in [5, 5.41) is 0.452. The van der Waals surface area contributed by atoms with Crippen LogP contribution in [-0.4, -0.2) is 19.9 Å². The van der Waals surface area contributed by atoms with Gasteiger partial charge in [0.05, 0.1) is 11.4 Å². The van der Waals surface area contributed by atoms with E-state index in [4.69, 9.17) is 11.6 Å². The second-order valence-electron chi connectivity index (χ2n) is 8.34. The zero-order chi connectivity index (χ0) is 26.2. The van der Waals surface area contributed by atoms with Gasteiger partial charge in [-0.2, -0.15) is 0 Å². The zero-order valence-corrected chi connectivity index (χ0v) is 21.1. The van der Waals surface area contributed by atoms with E-state index in [-0.39, 0.29) is 5.56 Å². The monoisotopic (exact) mass is 514 g/mol. The predicted molar refractivity (Wildman–Crippen MR) is 154 cm³/mol. The van der Waals surface area contributed by atoms with E-state index in [1.165, 1.54) is 6.07 Å². The van der Waals surface area contributed by atoms with E-state index in [0.717, 1.165) is 27.9 Å². The Bertz CT molecular complexity index is 1560. The van der Waals surface area contributed by atoms with Crippen molar-refractivity contribution in [2.75, 3.05) is 0 Å². The van der Waals surface area contributed by atoms with E-state index >= 15 is 0 Å². The lowest BCUT2D eigenvalue weighted by Crippen LogP contribution is -2.08. The molecule has 2 heterocycles. The second kappa shape index (κ2) is 11.9. The summed E-state index contributed by atoms with van der Waals surface area (Å²) in [7, 11) is 0. The van der Waals surface area contributed by atoms with Crippen LogP contribution in [0.15, 0.2) is 138 Å². The van der Waals surface area contributed by atoms with Crippen LogP contribution in [0, 0.1) is 0 Å². The van der Waals surface area contributed by atoms with Crippen molar-refractivity contribution in [3.8, 4) is 45.3 Å². The number of hydrogen-bond acceptors (Lipinski definition) is 4. The highest BCUT2D eigenvalue weighted by atomic mass is 35.5. The Balaban J connectivity index is 0.000000155. The smallest absolute Gasteiger partial charge is 0.251 e. The maximum absolute atomic E-state index is 11.8. The molecule has 0 aliphatic rings. The molecule has 6 aromatic rings. The zero-order valence-electron chi connectivity index (χ0n) is 20.3. The van der Waals surface area contributed by atoms with Gasteiger partial charge in [-0.1, -0.05) is 133 Å². The second-order valence-corrected chi connectivity index (χ2v) is 8.73. The lowest BCUT2D eigenvalue weighted by molar-refractivity contribution is 1.13. The van der Waals surface area contributed by atoms with Crippen molar-refractivity contribution < 1.29 is 0 Å². The molecule has 0 aliphatic heterocycles. The summed E-state index contributed by atoms with van der Waals surface area (Å²) in [6.07, 6.45) is 0. The fourth-order valence-corrected chi connectivity index (χ4v) is 4.02. The van der Waals surface area contributed by atoms with E-state index in [1.807, 2.05) is 121 Å². The molecule has 5 nitrogen and oxygen atoms in total. The van der Waals surface area contributed by atoms with Crippen LogP contribution < -0.4 is 5.56 Å². The van der Waals surface area contributed by atoms with Crippen molar-refractivity contribution in [2.24, 2.45) is 0 Å². The summed E-state index contributed by atoms with van der Waals surface area (Å²) >= 11 is 6.10. The Hall–Kier alpha value is -4.87. The third-order valence-corrected chi connectivity index (χ3v) is 5.85. The number of aromatic nitrogens is 4. The normalized spacial score (nSPS) is 10.3. The Kier molecular flexibility index (Phi) is 7.78. The van der Waals surface area contributed by atoms with Gasteiger partial charge >= 0.3 is 0 Å². The van der Waals surface area contributed by atoms with Gasteiger partial charge in [-0.05, 0) is 0 Å². The van der Waals surface area contributed by atoms with Gasteiger partial charge in [-0.15, -0.1) is 0 Å². The molecule has 0 aliphatic carbocycles. The number of aromatic amines is 1. The molecule has 0 spiro atoms. The van der Waals surface area contributed by atoms with Crippen molar-refractivity contribution >= 4 is 11.6 Å². The van der Waals surface area contributed by atoms with Crippen molar-refractivity contribution in [3.05, 3.63) is 149 Å². The van der Waals surface area contributed by atoms with Gasteiger partial charge in [0.15, 0.2) is 5.82 Å². The summed E-state index contributed by atoms with van der Waals surface area (Å²) < 4.78 is 0. The van der Waals surface area contributed by atoms with Crippen LogP contribution in [0.2, 0.25) is 5.15 Å². The first kappa shape index (κ1) is 24.8. The first-order valence-electron chi connectivity index (χ1n) is 12.0. The highest BCUT2D eigenvalue weighted by Crippen LogP contribution is 2.24. The predicted octanol–water partition coefficient (Wildman–Crippen LogP) is 7.57. The molecule has 184 valence electrons. The van der Waals surface area contributed by atoms with Crippen LogP contribution in [0.4, 0.5) is 0 Å². The SMILES string of the molecule is Clc1cc(-c2ccccc2)nc(-c2ccccc2)n1.O=c1cc(-c2ccccc2)nc(-c2ccccc2)[nH]1. The average molecular weight is 515 g/mol. The molecule has 0 saturated carbocycles. The van der Waals surface area contributed by atoms with E-state index < -0.39 is 0 Å². The standard InChI is InChI=1S/C16H11ClN2.C16H12N2O/c17-15-11-14(12-7-3-1-4-8-12)18-16(19-15)13-9-5-2-6-10-13;19-15-11-14(12-7-3-1-4-8-12)17-16(18-15)13-9-5-2-6-10-13/h1-11H;1-11H,(H,17,18,19). The van der Waals surface area contributed by atoms with E-state index in [1.54, 1.807) is 6.07 Å². The van der Waals surface area contributed by atoms with Crippen molar-refractivity contribution in [3.63, 3.8) is 0 Å². The molecule has 0 atom stereocenters. The molecule has 0 saturated heterocycles. The minimum Gasteiger partial charge on any atom is -0.306 e. The molecule has 0 amide bonds. The molecule has 0 radical (unpaired) electrons. The topological polar surface area (TPSA) is 71.5 Å². The summed E-state index contributed by atoms with van der Waals surface area (Å²) in [6, 6.07) is 42.4. The molecule has 4 aromatic carbocycles. The molecule has 0 bridgehead atoms. The van der Waals surface area contributed by atoms with Crippen LogP contribution >= 0.6 is 11.6 Å². The number of benzene rings is 4. The highest BCUT2D eigenvalue weighted by Gasteiger charge is 2.07. The number of rotatable bonds is 4. The van der Waals surface area contributed by atoms with E-state index in [0.29, 0.717) is 22.5 Å². The molecular weight excluding hydrogens is 492 g/mol. The third-order valence-electron chi connectivity index (χ3n) is 5.65. The van der Waals surface area contributed by atoms with Gasteiger partial charge in [0.2, 0.25) is 0 Å². The quantitative estimate of drug-likeness (QED) is 0.246. The molecule has 2 aromatic heterocycles. The minimum atomic E-state index is -0.146. The maximum atomic E-state index is 11.8. The molecule has 0 fully saturated rings. The third kappa shape index (κ3) is 6.27. The first-order valence-corrected chi connectivity index (χ1v) is 12.4. The van der Waals surface area contributed by atoms with Crippen LogP contribution in [0.3, 0.4) is 0 Å². The number of nitrogens with one attached hydrogen (secondary N) is 1. The fourth-order valence-electron chi connectivity index (χ4n) is 3.84. The summed E-state index contributed by atoms with van der Waals surface area (Å²) in [5.41, 5.74) is 5.20. The van der Waals surface area contributed by atoms with Gasteiger partial charge in [-0.25, -0.2) is 15.0 Å². The minimum absolute atomic E-state index is 0.146. The molecule has 6 heteroatoms. The maximum Gasteiger partial charge on any atom is 0.251 e. The molecule has 0 unspecified atom stereocenters. The van der Waals surface area contributed by atoms with Gasteiger partial charge in [0.1, 0.15) is 11.0 Å². The summed E-state index contributed by atoms with van der Waals surface area (Å²) in [5.74, 6) is 1.24. The number of hydrogen-bond donors (Lipinski definition) is 1. The van der Waals surface area contributed by atoms with E-state index in [2.05, 4.69) is 19.9 Å². The van der Waals surface area contributed by atoms with Crippen LogP contribution in [0.5, 0.6) is 0 Å². The lowest BCUT2D eigenvalue weighted by Gasteiger charge is -2.05. The number of halogens is 1. The van der Waals surface area contributed by atoms with Gasteiger partial charge in [-0.3, -0.25) is 4.79 Å². The number of H-pyrrole nitrogens is 1. The first-order chi connectivity index (χ1) is 18.7. The fraction of sp³-hybridized carbons (Fsp3) is 0. The molecule has 38 heavy (non-hydrogen) atoms. The molecule has 6 rings (SSSR count). The summed E-state index contributed by atoms with van der Waals surface area (Å²) in [6.45, 7) is 0. The molecule has 1 N–H and O–H groups in total. The lowest BCUT2D eigenvalue weighted by atomic mass is 10.1. The van der Waals surface area contributed by atoms with Crippen molar-refractivity contribution in [2.45, 2.75) is 0 Å². The Morgan fingerprint density at radius 2 is 0.947 bits per heavy atom. The van der Waals surface area contributed by atoms with Gasteiger partial charge < -0.3 is 4.98 Å². The largest absolute Gasteiger partial charge is 0.306 e. The van der Waals surface area contributed by atoms with Gasteiger partial charge in [0.25, 0.3) is 5.56 Å². The number of nitrogens with zero attached hydrogens (tertiary/aromatic N) is 3. The van der Waals surface area contributed by atoms with Crippen LogP contribution in [-0.2, 0) is 0 Å². The Labute approximate surface area is 225 Å². The van der Waals surface area contributed by atoms with Crippen LogP contribution in [0.25, 0.3) is 45.3 Å². The Morgan fingerprint density at radius 3 is 1.47 bits per heavy atom. The average Bonchev–Trinajstić information content (AvgIpc) is 2.99. The highest BCUT2D eigenvalue weighted by molar-refractivity contribution is 6.29. The van der Waals surface area contributed by atoms with E-state index in [9.17, 15) is 4.79 Å². The van der Waals surface area contributed by atoms with Crippen LogP contribution in [0.1, 0.15) is 0 Å². The molecular formula is C32H23ClN4O. The summed E-state index contributed by atoms with van der Waals surface area (Å²) in [4.78, 5) is 27.9.